The average Bonchev–Trinajstić information content (AvgIpc) is 2.73. The fraction of sp³-hybridized carbons (Fsp3) is 0.308. The summed E-state index contributed by atoms with van der Waals surface area (Å²) in [4.78, 5) is 29.6. The Balaban J connectivity index is 1.94. The van der Waals surface area contributed by atoms with Gasteiger partial charge < -0.3 is 14.9 Å². The third-order valence-corrected chi connectivity index (χ3v) is 3.38. The van der Waals surface area contributed by atoms with E-state index in [0.717, 1.165) is 11.4 Å². The monoisotopic (exact) mass is 294 g/mol. The highest BCUT2D eigenvalue weighted by Gasteiger charge is 2.08. The summed E-state index contributed by atoms with van der Waals surface area (Å²) in [5, 5.41) is 2.76. The highest BCUT2D eigenvalue weighted by molar-refractivity contribution is 6.30. The number of H-pyrrole nitrogens is 1. The lowest BCUT2D eigenvalue weighted by atomic mass is 10.2. The predicted molar refractivity (Wildman–Crippen MR) is 76.1 cm³/mol. The molecule has 0 aliphatic heterocycles. The molecule has 20 heavy (non-hydrogen) atoms. The molecule has 0 bridgehead atoms. The van der Waals surface area contributed by atoms with Crippen molar-refractivity contribution >= 4 is 17.5 Å². The molecule has 7 heteroatoms. The van der Waals surface area contributed by atoms with E-state index < -0.39 is 5.56 Å². The summed E-state index contributed by atoms with van der Waals surface area (Å²) in [6.45, 7) is 5.01. The van der Waals surface area contributed by atoms with Crippen LogP contribution >= 0.6 is 11.6 Å². The van der Waals surface area contributed by atoms with Crippen LogP contribution in [0.25, 0.3) is 0 Å². The molecule has 2 N–H and O–H groups in total. The van der Waals surface area contributed by atoms with Crippen molar-refractivity contribution in [1.82, 2.24) is 19.9 Å². The van der Waals surface area contributed by atoms with Crippen molar-refractivity contribution in [2.75, 3.05) is 6.54 Å². The van der Waals surface area contributed by atoms with Crippen LogP contribution in [0.1, 0.15) is 21.7 Å². The van der Waals surface area contributed by atoms with E-state index in [4.69, 9.17) is 11.6 Å². The Morgan fingerprint density at radius 1 is 1.50 bits per heavy atom. The maximum atomic E-state index is 11.9. The van der Waals surface area contributed by atoms with E-state index in [9.17, 15) is 9.59 Å². The maximum absolute atomic E-state index is 11.9. The summed E-state index contributed by atoms with van der Waals surface area (Å²) in [5.74, 6) is -0.280. The molecule has 0 saturated heterocycles. The van der Waals surface area contributed by atoms with E-state index in [1.165, 1.54) is 12.3 Å². The highest BCUT2D eigenvalue weighted by Crippen LogP contribution is 2.05. The SMILES string of the molecule is Cc1ncn(CCNC(=O)c2c[nH]c(=O)c(Cl)c2)c1C. The lowest BCUT2D eigenvalue weighted by Gasteiger charge is -2.07. The first-order chi connectivity index (χ1) is 9.49. The number of carbonyl (C=O) groups is 1. The van der Waals surface area contributed by atoms with E-state index in [0.29, 0.717) is 18.7 Å². The van der Waals surface area contributed by atoms with Crippen molar-refractivity contribution < 1.29 is 4.79 Å². The number of amides is 1. The van der Waals surface area contributed by atoms with Crippen molar-refractivity contribution in [2.24, 2.45) is 0 Å². The number of hydrogen-bond acceptors (Lipinski definition) is 3. The molecule has 106 valence electrons. The number of imidazole rings is 1. The minimum atomic E-state index is -0.410. The third kappa shape index (κ3) is 3.08. The van der Waals surface area contributed by atoms with Crippen molar-refractivity contribution in [3.05, 3.63) is 50.9 Å². The number of aryl methyl sites for hydroxylation is 1. The Morgan fingerprint density at radius 3 is 2.85 bits per heavy atom. The van der Waals surface area contributed by atoms with E-state index in [1.807, 2.05) is 18.4 Å². The van der Waals surface area contributed by atoms with E-state index in [2.05, 4.69) is 15.3 Å². The molecule has 2 aromatic heterocycles. The van der Waals surface area contributed by atoms with Gasteiger partial charge in [0, 0.05) is 25.0 Å². The number of nitrogens with one attached hydrogen (secondary N) is 2. The van der Waals surface area contributed by atoms with Gasteiger partial charge in [-0.3, -0.25) is 9.59 Å². The number of carbonyl (C=O) groups excluding carboxylic acids is 1. The van der Waals surface area contributed by atoms with Gasteiger partial charge in [-0.1, -0.05) is 11.6 Å². The van der Waals surface area contributed by atoms with Crippen LogP contribution in [-0.4, -0.2) is 27.0 Å². The van der Waals surface area contributed by atoms with Crippen molar-refractivity contribution in [2.45, 2.75) is 20.4 Å². The molecule has 0 saturated carbocycles. The number of pyridine rings is 1. The fourth-order valence-electron chi connectivity index (χ4n) is 1.75. The van der Waals surface area contributed by atoms with Gasteiger partial charge in [0.2, 0.25) is 0 Å². The first kappa shape index (κ1) is 14.3. The van der Waals surface area contributed by atoms with Crippen LogP contribution in [0, 0.1) is 13.8 Å². The summed E-state index contributed by atoms with van der Waals surface area (Å²) in [6, 6.07) is 1.35. The smallest absolute Gasteiger partial charge is 0.266 e. The van der Waals surface area contributed by atoms with Gasteiger partial charge in [-0.25, -0.2) is 4.98 Å². The summed E-state index contributed by atoms with van der Waals surface area (Å²) < 4.78 is 1.97. The van der Waals surface area contributed by atoms with Gasteiger partial charge in [0.15, 0.2) is 0 Å². The Hall–Kier alpha value is -2.08. The highest BCUT2D eigenvalue weighted by atomic mass is 35.5. The molecule has 0 unspecified atom stereocenters. The van der Waals surface area contributed by atoms with Crippen molar-refractivity contribution in [3.8, 4) is 0 Å². The van der Waals surface area contributed by atoms with Crippen LogP contribution in [0.4, 0.5) is 0 Å². The second-order valence-electron chi connectivity index (χ2n) is 4.43. The molecule has 0 atom stereocenters. The summed E-state index contributed by atoms with van der Waals surface area (Å²) in [7, 11) is 0. The number of halogens is 1. The molecule has 2 rings (SSSR count). The van der Waals surface area contributed by atoms with Gasteiger partial charge in [0.05, 0.1) is 17.6 Å². The lowest BCUT2D eigenvalue weighted by Crippen LogP contribution is -2.28. The van der Waals surface area contributed by atoms with Crippen molar-refractivity contribution in [1.29, 1.82) is 0 Å². The minimum Gasteiger partial charge on any atom is -0.350 e. The average molecular weight is 295 g/mol. The first-order valence-electron chi connectivity index (χ1n) is 6.14. The zero-order valence-electron chi connectivity index (χ0n) is 11.2. The van der Waals surface area contributed by atoms with Gasteiger partial charge in [0.1, 0.15) is 5.02 Å². The van der Waals surface area contributed by atoms with Crippen LogP contribution in [-0.2, 0) is 6.54 Å². The molecule has 2 heterocycles. The molecule has 0 aliphatic rings. The van der Waals surface area contributed by atoms with E-state index in [1.54, 1.807) is 6.33 Å². The molecule has 6 nitrogen and oxygen atoms in total. The van der Waals surface area contributed by atoms with E-state index in [-0.39, 0.29) is 10.9 Å². The standard InChI is InChI=1S/C13H15ClN4O2/c1-8-9(2)18(7-17-8)4-3-15-12(19)10-5-11(14)13(20)16-6-10/h5-7H,3-4H2,1-2H3,(H,15,19)(H,16,20). The van der Waals surface area contributed by atoms with Crippen LogP contribution in [0.3, 0.4) is 0 Å². The number of aromatic nitrogens is 3. The van der Waals surface area contributed by atoms with Gasteiger partial charge in [0.25, 0.3) is 11.5 Å². The largest absolute Gasteiger partial charge is 0.350 e. The molecule has 0 aliphatic carbocycles. The number of nitrogens with zero attached hydrogens (tertiary/aromatic N) is 2. The summed E-state index contributed by atoms with van der Waals surface area (Å²) >= 11 is 5.68. The molecule has 2 aromatic rings. The molecule has 1 amide bonds. The van der Waals surface area contributed by atoms with Crippen LogP contribution in [0.5, 0.6) is 0 Å². The molecule has 0 spiro atoms. The minimum absolute atomic E-state index is 0.00118. The van der Waals surface area contributed by atoms with Gasteiger partial charge in [-0.2, -0.15) is 0 Å². The summed E-state index contributed by atoms with van der Waals surface area (Å²) in [6.07, 6.45) is 3.09. The Kier molecular flexibility index (Phi) is 4.24. The number of aromatic amines is 1. The first-order valence-corrected chi connectivity index (χ1v) is 6.51. The lowest BCUT2D eigenvalue weighted by molar-refractivity contribution is 0.0952. The fourth-order valence-corrected chi connectivity index (χ4v) is 1.92. The normalized spacial score (nSPS) is 10.6. The molecular weight excluding hydrogens is 280 g/mol. The number of hydrogen-bond donors (Lipinski definition) is 2. The second kappa shape index (κ2) is 5.92. The van der Waals surface area contributed by atoms with Crippen LogP contribution in [0.15, 0.2) is 23.4 Å². The molecule has 0 radical (unpaired) electrons. The molecular formula is C13H15ClN4O2. The van der Waals surface area contributed by atoms with Gasteiger partial charge in [-0.05, 0) is 19.9 Å². The van der Waals surface area contributed by atoms with Crippen LogP contribution in [0.2, 0.25) is 5.02 Å². The predicted octanol–water partition coefficient (Wildman–Crippen LogP) is 1.27. The van der Waals surface area contributed by atoms with Crippen LogP contribution < -0.4 is 10.9 Å². The van der Waals surface area contributed by atoms with Gasteiger partial charge >= 0.3 is 0 Å². The zero-order chi connectivity index (χ0) is 14.7. The Bertz CT molecular complexity index is 690. The van der Waals surface area contributed by atoms with E-state index >= 15 is 0 Å². The maximum Gasteiger partial charge on any atom is 0.266 e. The second-order valence-corrected chi connectivity index (χ2v) is 4.84. The quantitative estimate of drug-likeness (QED) is 0.891. The number of rotatable bonds is 4. The van der Waals surface area contributed by atoms with Gasteiger partial charge in [-0.15, -0.1) is 0 Å². The topological polar surface area (TPSA) is 79.8 Å². The summed E-state index contributed by atoms with van der Waals surface area (Å²) in [5.41, 5.74) is 1.97. The third-order valence-electron chi connectivity index (χ3n) is 3.10. The zero-order valence-corrected chi connectivity index (χ0v) is 12.0. The Labute approximate surface area is 120 Å². The van der Waals surface area contributed by atoms with Crippen molar-refractivity contribution in [3.63, 3.8) is 0 Å². The molecule has 0 aromatic carbocycles. The molecule has 0 fully saturated rings. The Morgan fingerprint density at radius 2 is 2.25 bits per heavy atom.